The van der Waals surface area contributed by atoms with Crippen LogP contribution in [-0.4, -0.2) is 20.9 Å². The van der Waals surface area contributed by atoms with Gasteiger partial charge >= 0.3 is 5.97 Å². The van der Waals surface area contributed by atoms with E-state index in [9.17, 15) is 4.79 Å². The van der Waals surface area contributed by atoms with Gasteiger partial charge in [0.05, 0.1) is 12.2 Å². The lowest BCUT2D eigenvalue weighted by Crippen LogP contribution is -2.05. The number of hydrogen-bond acceptors (Lipinski definition) is 3. The largest absolute Gasteiger partial charge is 0.481 e. The zero-order valence-electron chi connectivity index (χ0n) is 10.8. The van der Waals surface area contributed by atoms with Crippen molar-refractivity contribution in [3.63, 3.8) is 0 Å². The fraction of sp³-hybridized carbons (Fsp3) is 0.286. The van der Waals surface area contributed by atoms with Gasteiger partial charge in [-0.25, -0.2) is 0 Å². The topological polar surface area (TPSA) is 67.2 Å². The van der Waals surface area contributed by atoms with Crippen LogP contribution < -0.4 is 5.32 Å². The van der Waals surface area contributed by atoms with Crippen molar-refractivity contribution in [2.24, 2.45) is 7.05 Å². The van der Waals surface area contributed by atoms with E-state index in [4.69, 9.17) is 5.11 Å². The molecule has 1 heterocycles. The van der Waals surface area contributed by atoms with Crippen molar-refractivity contribution in [2.45, 2.75) is 19.4 Å². The minimum Gasteiger partial charge on any atom is -0.481 e. The molecule has 0 saturated carbocycles. The minimum atomic E-state index is -0.770. The highest BCUT2D eigenvalue weighted by molar-refractivity contribution is 5.67. The van der Waals surface area contributed by atoms with E-state index >= 15 is 0 Å². The highest BCUT2D eigenvalue weighted by Crippen LogP contribution is 2.13. The van der Waals surface area contributed by atoms with Crippen LogP contribution in [0.15, 0.2) is 36.5 Å². The first kappa shape index (κ1) is 13.1. The van der Waals surface area contributed by atoms with Crippen molar-refractivity contribution < 1.29 is 9.90 Å². The average Bonchev–Trinajstić information content (AvgIpc) is 2.80. The third kappa shape index (κ3) is 3.84. The molecule has 0 atom stereocenters. The van der Waals surface area contributed by atoms with Gasteiger partial charge in [-0.2, -0.15) is 5.10 Å². The summed E-state index contributed by atoms with van der Waals surface area (Å²) in [4.78, 5) is 10.6. The monoisotopic (exact) mass is 259 g/mol. The molecule has 2 aromatic rings. The molecule has 0 bridgehead atoms. The van der Waals surface area contributed by atoms with E-state index in [0.29, 0.717) is 13.0 Å². The number of benzene rings is 1. The van der Waals surface area contributed by atoms with Crippen LogP contribution in [0.4, 0.5) is 5.69 Å². The smallest absolute Gasteiger partial charge is 0.303 e. The molecule has 2 rings (SSSR count). The molecule has 1 aromatic heterocycles. The highest BCUT2D eigenvalue weighted by Gasteiger charge is 2.01. The Morgan fingerprint density at radius 2 is 2.26 bits per heavy atom. The Kier molecular flexibility index (Phi) is 4.18. The van der Waals surface area contributed by atoms with E-state index in [1.54, 1.807) is 6.20 Å². The lowest BCUT2D eigenvalue weighted by Gasteiger charge is -2.08. The molecular weight excluding hydrogens is 242 g/mol. The van der Waals surface area contributed by atoms with Gasteiger partial charge in [0, 0.05) is 25.4 Å². The summed E-state index contributed by atoms with van der Waals surface area (Å²) < 4.78 is 1.82. The Balaban J connectivity index is 1.95. The van der Waals surface area contributed by atoms with Crippen LogP contribution in [0, 0.1) is 0 Å². The third-order valence-electron chi connectivity index (χ3n) is 2.95. The SMILES string of the molecule is Cn1nccc1CNc1cccc(CCC(=O)O)c1. The van der Waals surface area contributed by atoms with E-state index < -0.39 is 5.97 Å². The molecule has 19 heavy (non-hydrogen) atoms. The van der Waals surface area contributed by atoms with Crippen molar-refractivity contribution in [1.29, 1.82) is 0 Å². The van der Waals surface area contributed by atoms with Crippen LogP contribution in [0.2, 0.25) is 0 Å². The van der Waals surface area contributed by atoms with Gasteiger partial charge in [-0.3, -0.25) is 9.48 Å². The Labute approximate surface area is 111 Å². The van der Waals surface area contributed by atoms with Gasteiger partial charge in [0.25, 0.3) is 0 Å². The first-order valence-electron chi connectivity index (χ1n) is 6.16. The Hall–Kier alpha value is -2.30. The second-order valence-corrected chi connectivity index (χ2v) is 4.39. The molecule has 0 fully saturated rings. The third-order valence-corrected chi connectivity index (χ3v) is 2.95. The van der Waals surface area contributed by atoms with Crippen LogP contribution in [-0.2, 0) is 24.8 Å². The quantitative estimate of drug-likeness (QED) is 0.833. The number of carboxylic acid groups (broad SMARTS) is 1. The van der Waals surface area contributed by atoms with Crippen molar-refractivity contribution in [2.75, 3.05) is 5.32 Å². The van der Waals surface area contributed by atoms with E-state index in [2.05, 4.69) is 10.4 Å². The van der Waals surface area contributed by atoms with Crippen LogP contribution in [0.3, 0.4) is 0 Å². The molecule has 0 aliphatic carbocycles. The summed E-state index contributed by atoms with van der Waals surface area (Å²) >= 11 is 0. The van der Waals surface area contributed by atoms with Crippen molar-refractivity contribution in [1.82, 2.24) is 9.78 Å². The molecule has 0 aliphatic rings. The second-order valence-electron chi connectivity index (χ2n) is 4.39. The molecule has 2 N–H and O–H groups in total. The van der Waals surface area contributed by atoms with Crippen LogP contribution in [0.5, 0.6) is 0 Å². The van der Waals surface area contributed by atoms with E-state index in [1.165, 1.54) is 0 Å². The van der Waals surface area contributed by atoms with Crippen LogP contribution >= 0.6 is 0 Å². The Morgan fingerprint density at radius 3 is 2.95 bits per heavy atom. The lowest BCUT2D eigenvalue weighted by atomic mass is 10.1. The summed E-state index contributed by atoms with van der Waals surface area (Å²) in [5.41, 5.74) is 3.11. The summed E-state index contributed by atoms with van der Waals surface area (Å²) in [6.45, 7) is 0.693. The molecule has 0 radical (unpaired) electrons. The van der Waals surface area contributed by atoms with Gasteiger partial charge in [0.2, 0.25) is 0 Å². The average molecular weight is 259 g/mol. The van der Waals surface area contributed by atoms with Gasteiger partial charge < -0.3 is 10.4 Å². The lowest BCUT2D eigenvalue weighted by molar-refractivity contribution is -0.136. The number of aryl methyl sites for hydroxylation is 2. The number of aromatic nitrogens is 2. The Morgan fingerprint density at radius 1 is 1.42 bits per heavy atom. The van der Waals surface area contributed by atoms with Crippen molar-refractivity contribution >= 4 is 11.7 Å². The number of carboxylic acids is 1. The number of nitrogens with zero attached hydrogens (tertiary/aromatic N) is 2. The molecule has 0 spiro atoms. The van der Waals surface area contributed by atoms with E-state index in [0.717, 1.165) is 16.9 Å². The predicted octanol–water partition coefficient (Wildman–Crippen LogP) is 2.05. The Bertz CT molecular complexity index is 563. The first-order valence-corrected chi connectivity index (χ1v) is 6.16. The van der Waals surface area contributed by atoms with Crippen LogP contribution in [0.1, 0.15) is 17.7 Å². The fourth-order valence-electron chi connectivity index (χ4n) is 1.86. The van der Waals surface area contributed by atoms with Gasteiger partial charge in [-0.05, 0) is 30.2 Å². The van der Waals surface area contributed by atoms with Crippen molar-refractivity contribution in [3.8, 4) is 0 Å². The maximum atomic E-state index is 10.6. The molecule has 0 aliphatic heterocycles. The number of anilines is 1. The normalized spacial score (nSPS) is 10.4. The maximum absolute atomic E-state index is 10.6. The first-order chi connectivity index (χ1) is 9.15. The van der Waals surface area contributed by atoms with Gasteiger partial charge in [0.15, 0.2) is 0 Å². The highest BCUT2D eigenvalue weighted by atomic mass is 16.4. The molecule has 5 heteroatoms. The summed E-state index contributed by atoms with van der Waals surface area (Å²) in [5.74, 6) is -0.770. The molecule has 100 valence electrons. The summed E-state index contributed by atoms with van der Waals surface area (Å²) in [7, 11) is 1.90. The molecule has 5 nitrogen and oxygen atoms in total. The molecule has 0 unspecified atom stereocenters. The van der Waals surface area contributed by atoms with Crippen LogP contribution in [0.25, 0.3) is 0 Å². The van der Waals surface area contributed by atoms with Gasteiger partial charge in [-0.15, -0.1) is 0 Å². The predicted molar refractivity (Wildman–Crippen MR) is 72.9 cm³/mol. The van der Waals surface area contributed by atoms with Crippen molar-refractivity contribution in [3.05, 3.63) is 47.8 Å². The van der Waals surface area contributed by atoms with E-state index in [-0.39, 0.29) is 6.42 Å². The number of aliphatic carboxylic acids is 1. The number of nitrogens with one attached hydrogen (secondary N) is 1. The second kappa shape index (κ2) is 6.04. The molecule has 0 saturated heterocycles. The minimum absolute atomic E-state index is 0.158. The molecular formula is C14H17N3O2. The number of hydrogen-bond donors (Lipinski definition) is 2. The summed E-state index contributed by atoms with van der Waals surface area (Å²) in [5, 5.41) is 16.1. The van der Waals surface area contributed by atoms with Gasteiger partial charge in [0.1, 0.15) is 0 Å². The molecule has 1 aromatic carbocycles. The maximum Gasteiger partial charge on any atom is 0.303 e. The number of carbonyl (C=O) groups is 1. The summed E-state index contributed by atoms with van der Waals surface area (Å²) in [6.07, 6.45) is 2.47. The summed E-state index contributed by atoms with van der Waals surface area (Å²) in [6, 6.07) is 9.79. The standard InChI is InChI=1S/C14H17N3O2/c1-17-13(7-8-16-17)10-15-12-4-2-3-11(9-12)5-6-14(18)19/h2-4,7-9,15H,5-6,10H2,1H3,(H,18,19). The van der Waals surface area contributed by atoms with Gasteiger partial charge in [-0.1, -0.05) is 12.1 Å². The zero-order valence-corrected chi connectivity index (χ0v) is 10.8. The van der Waals surface area contributed by atoms with E-state index in [1.807, 2.05) is 42.1 Å². The zero-order chi connectivity index (χ0) is 13.7. The number of rotatable bonds is 6. The fourth-order valence-corrected chi connectivity index (χ4v) is 1.86. The molecule has 0 amide bonds.